The molecule has 1 aromatic carbocycles. The van der Waals surface area contributed by atoms with Gasteiger partial charge in [0.05, 0.1) is 17.9 Å². The third kappa shape index (κ3) is 5.73. The molecule has 8 nitrogen and oxygen atoms in total. The number of amides is 2. The monoisotopic (exact) mass is 487 g/mol. The zero-order valence-corrected chi connectivity index (χ0v) is 21.1. The van der Waals surface area contributed by atoms with Crippen molar-refractivity contribution in [3.63, 3.8) is 0 Å². The molecule has 0 saturated carbocycles. The van der Waals surface area contributed by atoms with Crippen LogP contribution in [0.25, 0.3) is 0 Å². The Bertz CT molecular complexity index is 1010. The fraction of sp³-hybridized carbons (Fsp3) is 0.560. The molecule has 0 unspecified atom stereocenters. The molecule has 0 N–H and O–H groups in total. The molecule has 9 heteroatoms. The number of ether oxygens (including phenoxy) is 1. The van der Waals surface area contributed by atoms with Gasteiger partial charge in [-0.2, -0.15) is 5.10 Å². The van der Waals surface area contributed by atoms with Crippen LogP contribution in [0.2, 0.25) is 5.02 Å². The molecule has 34 heavy (non-hydrogen) atoms. The molecule has 184 valence electrons. The predicted octanol–water partition coefficient (Wildman–Crippen LogP) is 2.85. The second-order valence-corrected chi connectivity index (χ2v) is 10.1. The Morgan fingerprint density at radius 1 is 1.00 bits per heavy atom. The summed E-state index contributed by atoms with van der Waals surface area (Å²) in [5, 5.41) is 4.96. The van der Waals surface area contributed by atoms with Crippen LogP contribution in [0.3, 0.4) is 0 Å². The van der Waals surface area contributed by atoms with E-state index in [9.17, 15) is 9.59 Å². The maximum absolute atomic E-state index is 13.3. The van der Waals surface area contributed by atoms with Gasteiger partial charge in [-0.25, -0.2) is 0 Å². The number of nitrogens with zero attached hydrogens (tertiary/aromatic N) is 5. The minimum Gasteiger partial charge on any atom is -0.493 e. The Hall–Kier alpha value is -2.58. The number of piperidine rings is 1. The lowest BCUT2D eigenvalue weighted by Crippen LogP contribution is -2.51. The van der Waals surface area contributed by atoms with Crippen LogP contribution in [-0.2, 0) is 11.8 Å². The first kappa shape index (κ1) is 24.5. The number of carbonyl (C=O) groups excluding carboxylic acids is 2. The van der Waals surface area contributed by atoms with Crippen molar-refractivity contribution >= 4 is 23.4 Å². The molecular weight excluding hydrogens is 454 g/mol. The maximum Gasteiger partial charge on any atom is 0.257 e. The fourth-order valence-electron chi connectivity index (χ4n) is 4.79. The highest BCUT2D eigenvalue weighted by atomic mass is 35.5. The standard InChI is InChI=1S/C25H34ClN5O3/c1-19-22(17-29(3)27-19)24(33)31-10-8-25(9-11-31,18-34-21-6-4-20(26)5-7-21)16-23(32)30-14-12-28(2)13-15-30/h4-7,17H,8-16,18H2,1-3H3. The van der Waals surface area contributed by atoms with Gasteiger partial charge in [0.15, 0.2) is 0 Å². The van der Waals surface area contributed by atoms with E-state index in [2.05, 4.69) is 17.0 Å². The number of piperazine rings is 1. The van der Waals surface area contributed by atoms with Crippen molar-refractivity contribution in [3.8, 4) is 5.75 Å². The molecule has 2 aromatic rings. The number of benzene rings is 1. The Labute approximate surface area is 206 Å². The largest absolute Gasteiger partial charge is 0.493 e. The van der Waals surface area contributed by atoms with Gasteiger partial charge in [-0.3, -0.25) is 14.3 Å². The van der Waals surface area contributed by atoms with E-state index >= 15 is 0 Å². The third-order valence-electron chi connectivity index (χ3n) is 7.10. The van der Waals surface area contributed by atoms with Gasteiger partial charge in [0, 0.05) is 69.4 Å². The highest BCUT2D eigenvalue weighted by Crippen LogP contribution is 2.37. The first-order valence-electron chi connectivity index (χ1n) is 11.9. The number of aromatic nitrogens is 2. The van der Waals surface area contributed by atoms with Crippen LogP contribution in [0.15, 0.2) is 30.5 Å². The molecule has 0 radical (unpaired) electrons. The topological polar surface area (TPSA) is 70.9 Å². The van der Waals surface area contributed by atoms with Crippen LogP contribution in [0.1, 0.15) is 35.3 Å². The van der Waals surface area contributed by atoms with E-state index in [4.69, 9.17) is 16.3 Å². The quantitative estimate of drug-likeness (QED) is 0.626. The summed E-state index contributed by atoms with van der Waals surface area (Å²) in [5.74, 6) is 0.916. The van der Waals surface area contributed by atoms with Gasteiger partial charge in [0.2, 0.25) is 5.91 Å². The van der Waals surface area contributed by atoms with Crippen LogP contribution in [-0.4, -0.2) is 89.2 Å². The Kier molecular flexibility index (Phi) is 7.48. The SMILES string of the molecule is Cc1nn(C)cc1C(=O)N1CCC(COc2ccc(Cl)cc2)(CC(=O)N2CCN(C)CC2)CC1. The third-order valence-corrected chi connectivity index (χ3v) is 7.35. The Balaban J connectivity index is 1.45. The van der Waals surface area contributed by atoms with Crippen LogP contribution in [0.5, 0.6) is 5.75 Å². The molecule has 2 fully saturated rings. The number of likely N-dealkylation sites (tertiary alicyclic amines) is 1. The average Bonchev–Trinajstić information content (AvgIpc) is 3.17. The second-order valence-electron chi connectivity index (χ2n) is 9.70. The van der Waals surface area contributed by atoms with Gasteiger partial charge in [-0.1, -0.05) is 11.6 Å². The van der Waals surface area contributed by atoms with Crippen molar-refractivity contribution in [2.75, 3.05) is 52.9 Å². The van der Waals surface area contributed by atoms with E-state index in [1.807, 2.05) is 35.9 Å². The van der Waals surface area contributed by atoms with Crippen molar-refractivity contribution < 1.29 is 14.3 Å². The lowest BCUT2D eigenvalue weighted by Gasteiger charge is -2.42. The summed E-state index contributed by atoms with van der Waals surface area (Å²) in [6, 6.07) is 7.30. The van der Waals surface area contributed by atoms with E-state index in [1.165, 1.54) is 0 Å². The number of rotatable bonds is 6. The molecule has 0 spiro atoms. The molecule has 2 aliphatic rings. The number of hydrogen-bond donors (Lipinski definition) is 0. The van der Waals surface area contributed by atoms with Crippen molar-refractivity contribution in [2.45, 2.75) is 26.2 Å². The summed E-state index contributed by atoms with van der Waals surface area (Å²) in [6.45, 7) is 6.78. The van der Waals surface area contributed by atoms with Crippen molar-refractivity contribution in [1.82, 2.24) is 24.5 Å². The first-order chi connectivity index (χ1) is 16.2. The zero-order valence-electron chi connectivity index (χ0n) is 20.3. The van der Waals surface area contributed by atoms with Crippen molar-refractivity contribution in [3.05, 3.63) is 46.7 Å². The van der Waals surface area contributed by atoms with E-state index < -0.39 is 0 Å². The van der Waals surface area contributed by atoms with E-state index in [0.29, 0.717) is 49.5 Å². The number of halogens is 1. The minimum absolute atomic E-state index is 0.00298. The summed E-state index contributed by atoms with van der Waals surface area (Å²) >= 11 is 6.01. The molecular formula is C25H34ClN5O3. The molecule has 2 amide bonds. The van der Waals surface area contributed by atoms with Gasteiger partial charge in [-0.05, 0) is 51.1 Å². The first-order valence-corrected chi connectivity index (χ1v) is 12.3. The van der Waals surface area contributed by atoms with Gasteiger partial charge >= 0.3 is 0 Å². The molecule has 3 heterocycles. The lowest BCUT2D eigenvalue weighted by molar-refractivity contribution is -0.136. The molecule has 2 saturated heterocycles. The summed E-state index contributed by atoms with van der Waals surface area (Å²) in [7, 11) is 3.91. The number of likely N-dealkylation sites (N-methyl/N-ethyl adjacent to an activating group) is 1. The summed E-state index contributed by atoms with van der Waals surface area (Å²) in [4.78, 5) is 32.5. The highest BCUT2D eigenvalue weighted by Gasteiger charge is 2.40. The van der Waals surface area contributed by atoms with Gasteiger partial charge in [0.25, 0.3) is 5.91 Å². The normalized spacial score (nSPS) is 18.7. The molecule has 2 aliphatic heterocycles. The Morgan fingerprint density at radius 3 is 2.24 bits per heavy atom. The highest BCUT2D eigenvalue weighted by molar-refractivity contribution is 6.30. The van der Waals surface area contributed by atoms with Gasteiger partial charge in [-0.15, -0.1) is 0 Å². The molecule has 1 aromatic heterocycles. The van der Waals surface area contributed by atoms with Crippen LogP contribution >= 0.6 is 11.6 Å². The van der Waals surface area contributed by atoms with Crippen LogP contribution in [0.4, 0.5) is 0 Å². The Morgan fingerprint density at radius 2 is 1.65 bits per heavy atom. The zero-order chi connectivity index (χ0) is 24.3. The smallest absolute Gasteiger partial charge is 0.257 e. The van der Waals surface area contributed by atoms with E-state index in [1.54, 1.807) is 23.0 Å². The summed E-state index contributed by atoms with van der Waals surface area (Å²) in [5.41, 5.74) is 1.06. The van der Waals surface area contributed by atoms with Crippen LogP contribution < -0.4 is 4.74 Å². The van der Waals surface area contributed by atoms with E-state index in [-0.39, 0.29) is 17.2 Å². The lowest BCUT2D eigenvalue weighted by atomic mass is 9.75. The van der Waals surface area contributed by atoms with E-state index in [0.717, 1.165) is 37.6 Å². The molecule has 0 atom stereocenters. The average molecular weight is 488 g/mol. The van der Waals surface area contributed by atoms with Crippen LogP contribution in [0, 0.1) is 12.3 Å². The van der Waals surface area contributed by atoms with Gasteiger partial charge < -0.3 is 19.4 Å². The molecule has 0 aliphatic carbocycles. The number of carbonyl (C=O) groups is 2. The molecule has 0 bridgehead atoms. The van der Waals surface area contributed by atoms with Gasteiger partial charge in [0.1, 0.15) is 5.75 Å². The predicted molar refractivity (Wildman–Crippen MR) is 131 cm³/mol. The fourth-order valence-corrected chi connectivity index (χ4v) is 4.92. The maximum atomic E-state index is 13.3. The summed E-state index contributed by atoms with van der Waals surface area (Å²) < 4.78 is 7.83. The number of hydrogen-bond acceptors (Lipinski definition) is 5. The second kappa shape index (κ2) is 10.4. The minimum atomic E-state index is -0.319. The number of aryl methyl sites for hydroxylation is 2. The molecule has 4 rings (SSSR count). The van der Waals surface area contributed by atoms with Crippen molar-refractivity contribution in [2.24, 2.45) is 12.5 Å². The summed E-state index contributed by atoms with van der Waals surface area (Å²) in [6.07, 6.45) is 3.63. The van der Waals surface area contributed by atoms with Crippen molar-refractivity contribution in [1.29, 1.82) is 0 Å².